The van der Waals surface area contributed by atoms with Crippen molar-refractivity contribution in [3.8, 4) is 0 Å². The van der Waals surface area contributed by atoms with Gasteiger partial charge in [0, 0.05) is 25.3 Å². The first kappa shape index (κ1) is 13.9. The Morgan fingerprint density at radius 3 is 2.35 bits per heavy atom. The molecule has 3 heteroatoms. The highest BCUT2D eigenvalue weighted by molar-refractivity contribution is 5.39. The zero-order chi connectivity index (χ0) is 14.0. The standard InChI is InChI=1S/C17H27N3/c1-2-19-11-8-17(13-19)9-12-20(14-17)10-7-15-3-5-16(18)6-4-15/h3-6H,2,7-14,18H2,1H3. The van der Waals surface area contributed by atoms with Gasteiger partial charge in [-0.2, -0.15) is 0 Å². The quantitative estimate of drug-likeness (QED) is 0.854. The monoisotopic (exact) mass is 273 g/mol. The summed E-state index contributed by atoms with van der Waals surface area (Å²) in [6, 6.07) is 8.35. The lowest BCUT2D eigenvalue weighted by atomic mass is 9.86. The lowest BCUT2D eigenvalue weighted by Gasteiger charge is -2.24. The van der Waals surface area contributed by atoms with Gasteiger partial charge in [-0.15, -0.1) is 0 Å². The molecule has 2 aliphatic heterocycles. The number of hydrogen-bond acceptors (Lipinski definition) is 3. The van der Waals surface area contributed by atoms with Crippen LogP contribution in [0.1, 0.15) is 25.3 Å². The fourth-order valence-corrected chi connectivity index (χ4v) is 3.82. The van der Waals surface area contributed by atoms with Gasteiger partial charge in [0.15, 0.2) is 0 Å². The topological polar surface area (TPSA) is 32.5 Å². The highest BCUT2D eigenvalue weighted by Crippen LogP contribution is 2.39. The second-order valence-electron chi connectivity index (χ2n) is 6.64. The molecular weight excluding hydrogens is 246 g/mol. The molecule has 1 spiro atoms. The van der Waals surface area contributed by atoms with Crippen LogP contribution in [0.2, 0.25) is 0 Å². The molecular formula is C17H27N3. The Labute approximate surface area is 122 Å². The Hall–Kier alpha value is -1.06. The Kier molecular flexibility index (Phi) is 3.99. The van der Waals surface area contributed by atoms with Gasteiger partial charge in [-0.3, -0.25) is 0 Å². The van der Waals surface area contributed by atoms with Crippen LogP contribution < -0.4 is 5.73 Å². The van der Waals surface area contributed by atoms with Gasteiger partial charge in [-0.25, -0.2) is 0 Å². The van der Waals surface area contributed by atoms with E-state index in [1.165, 1.54) is 57.7 Å². The van der Waals surface area contributed by atoms with E-state index in [-0.39, 0.29) is 0 Å². The first-order valence-corrected chi connectivity index (χ1v) is 7.98. The minimum absolute atomic E-state index is 0.608. The summed E-state index contributed by atoms with van der Waals surface area (Å²) in [5.74, 6) is 0. The number of hydrogen-bond donors (Lipinski definition) is 1. The molecule has 0 aliphatic carbocycles. The fraction of sp³-hybridized carbons (Fsp3) is 0.647. The van der Waals surface area contributed by atoms with Crippen LogP contribution in [0.4, 0.5) is 5.69 Å². The number of benzene rings is 1. The van der Waals surface area contributed by atoms with Gasteiger partial charge in [-0.05, 0) is 62.0 Å². The van der Waals surface area contributed by atoms with Gasteiger partial charge in [0.2, 0.25) is 0 Å². The molecule has 110 valence electrons. The summed E-state index contributed by atoms with van der Waals surface area (Å²) in [5.41, 5.74) is 8.61. The lowest BCUT2D eigenvalue weighted by molar-refractivity contribution is 0.246. The maximum atomic E-state index is 5.73. The largest absolute Gasteiger partial charge is 0.399 e. The second kappa shape index (κ2) is 5.74. The van der Waals surface area contributed by atoms with E-state index < -0.39 is 0 Å². The van der Waals surface area contributed by atoms with Crippen molar-refractivity contribution >= 4 is 5.69 Å². The highest BCUT2D eigenvalue weighted by Gasteiger charge is 2.42. The van der Waals surface area contributed by atoms with Gasteiger partial charge in [0.25, 0.3) is 0 Å². The molecule has 0 radical (unpaired) electrons. The van der Waals surface area contributed by atoms with Crippen molar-refractivity contribution in [2.24, 2.45) is 5.41 Å². The predicted octanol–water partition coefficient (Wildman–Crippen LogP) is 2.23. The number of anilines is 1. The van der Waals surface area contributed by atoms with Gasteiger partial charge >= 0.3 is 0 Å². The number of nitrogens with zero attached hydrogens (tertiary/aromatic N) is 2. The average Bonchev–Trinajstić information content (AvgIpc) is 3.06. The zero-order valence-electron chi connectivity index (χ0n) is 12.6. The van der Waals surface area contributed by atoms with Crippen molar-refractivity contribution in [2.45, 2.75) is 26.2 Å². The Bertz CT molecular complexity index is 442. The molecule has 0 saturated carbocycles. The smallest absolute Gasteiger partial charge is 0.0314 e. The Balaban J connectivity index is 1.50. The molecule has 2 heterocycles. The summed E-state index contributed by atoms with van der Waals surface area (Å²) in [6.07, 6.45) is 3.94. The predicted molar refractivity (Wildman–Crippen MR) is 84.8 cm³/mol. The van der Waals surface area contributed by atoms with Gasteiger partial charge in [0.1, 0.15) is 0 Å². The van der Waals surface area contributed by atoms with Crippen molar-refractivity contribution in [1.29, 1.82) is 0 Å². The normalized spacial score (nSPS) is 27.6. The SMILES string of the molecule is CCN1CCC2(CCN(CCc3ccc(N)cc3)C2)C1. The van der Waals surface area contributed by atoms with Crippen molar-refractivity contribution in [3.63, 3.8) is 0 Å². The van der Waals surface area contributed by atoms with Crippen LogP contribution in [0, 0.1) is 5.41 Å². The average molecular weight is 273 g/mol. The van der Waals surface area contributed by atoms with E-state index in [1.807, 2.05) is 12.1 Å². The molecule has 3 rings (SSSR count). The summed E-state index contributed by atoms with van der Waals surface area (Å²) in [6.45, 7) is 9.91. The van der Waals surface area contributed by atoms with Crippen LogP contribution in [0.5, 0.6) is 0 Å². The minimum atomic E-state index is 0.608. The number of likely N-dealkylation sites (tertiary alicyclic amines) is 2. The molecule has 1 atom stereocenters. The highest BCUT2D eigenvalue weighted by atomic mass is 15.2. The third-order valence-electron chi connectivity index (χ3n) is 5.18. The molecule has 1 aromatic carbocycles. The van der Waals surface area contributed by atoms with E-state index in [0.717, 1.165) is 12.1 Å². The van der Waals surface area contributed by atoms with E-state index >= 15 is 0 Å². The number of nitrogen functional groups attached to an aromatic ring is 1. The van der Waals surface area contributed by atoms with Crippen molar-refractivity contribution in [3.05, 3.63) is 29.8 Å². The lowest BCUT2D eigenvalue weighted by Crippen LogP contribution is -2.31. The maximum Gasteiger partial charge on any atom is 0.0314 e. The molecule has 2 saturated heterocycles. The third-order valence-corrected chi connectivity index (χ3v) is 5.18. The summed E-state index contributed by atoms with van der Waals surface area (Å²) in [7, 11) is 0. The Morgan fingerprint density at radius 1 is 1.05 bits per heavy atom. The van der Waals surface area contributed by atoms with Crippen LogP contribution in [-0.4, -0.2) is 49.1 Å². The molecule has 0 amide bonds. The van der Waals surface area contributed by atoms with Crippen LogP contribution >= 0.6 is 0 Å². The summed E-state index contributed by atoms with van der Waals surface area (Å²) < 4.78 is 0. The van der Waals surface area contributed by atoms with Crippen LogP contribution in [-0.2, 0) is 6.42 Å². The molecule has 20 heavy (non-hydrogen) atoms. The van der Waals surface area contributed by atoms with Gasteiger partial charge in [-0.1, -0.05) is 19.1 Å². The fourth-order valence-electron chi connectivity index (χ4n) is 3.82. The first-order chi connectivity index (χ1) is 9.69. The van der Waals surface area contributed by atoms with Gasteiger partial charge in [0.05, 0.1) is 0 Å². The van der Waals surface area contributed by atoms with Gasteiger partial charge < -0.3 is 15.5 Å². The summed E-state index contributed by atoms with van der Waals surface area (Å²) in [4.78, 5) is 5.28. The van der Waals surface area contributed by atoms with Crippen LogP contribution in [0.3, 0.4) is 0 Å². The molecule has 2 fully saturated rings. The van der Waals surface area contributed by atoms with Crippen LogP contribution in [0.25, 0.3) is 0 Å². The van der Waals surface area contributed by atoms with E-state index in [2.05, 4.69) is 28.9 Å². The molecule has 0 aromatic heterocycles. The van der Waals surface area contributed by atoms with E-state index in [4.69, 9.17) is 5.73 Å². The maximum absolute atomic E-state index is 5.73. The third kappa shape index (κ3) is 2.99. The molecule has 1 unspecified atom stereocenters. The number of nitrogens with two attached hydrogens (primary N) is 1. The second-order valence-corrected chi connectivity index (χ2v) is 6.64. The van der Waals surface area contributed by atoms with Crippen molar-refractivity contribution in [2.75, 3.05) is 45.0 Å². The van der Waals surface area contributed by atoms with E-state index in [9.17, 15) is 0 Å². The number of rotatable bonds is 4. The van der Waals surface area contributed by atoms with Crippen molar-refractivity contribution < 1.29 is 0 Å². The molecule has 2 aliphatic rings. The van der Waals surface area contributed by atoms with E-state index in [0.29, 0.717) is 5.41 Å². The van der Waals surface area contributed by atoms with E-state index in [1.54, 1.807) is 0 Å². The molecule has 3 nitrogen and oxygen atoms in total. The zero-order valence-corrected chi connectivity index (χ0v) is 12.6. The first-order valence-electron chi connectivity index (χ1n) is 7.98. The van der Waals surface area contributed by atoms with Crippen molar-refractivity contribution in [1.82, 2.24) is 9.80 Å². The molecule has 2 N–H and O–H groups in total. The summed E-state index contributed by atoms with van der Waals surface area (Å²) in [5, 5.41) is 0. The summed E-state index contributed by atoms with van der Waals surface area (Å²) >= 11 is 0. The molecule has 0 bridgehead atoms. The Morgan fingerprint density at radius 2 is 1.70 bits per heavy atom. The molecule has 1 aromatic rings. The van der Waals surface area contributed by atoms with Crippen LogP contribution in [0.15, 0.2) is 24.3 Å². The minimum Gasteiger partial charge on any atom is -0.399 e.